The van der Waals surface area contributed by atoms with Crippen LogP contribution in [0.25, 0.3) is 0 Å². The minimum absolute atomic E-state index is 0.110. The standard InChI is InChI=1S/C21H26ClN3O2/c1-3-25(4-2)14-13-23-21(27)17-7-11-19(12-8-17)24-20(26)15-16-5-9-18(22)10-6-16/h5-12H,3-4,13-15H2,1-2H3,(H,23,27)(H,24,26). The van der Waals surface area contributed by atoms with E-state index in [4.69, 9.17) is 11.6 Å². The number of rotatable bonds is 9. The number of benzene rings is 2. The van der Waals surface area contributed by atoms with Gasteiger partial charge in [0.1, 0.15) is 0 Å². The predicted octanol–water partition coefficient (Wildman–Crippen LogP) is 3.59. The van der Waals surface area contributed by atoms with Gasteiger partial charge in [-0.05, 0) is 55.1 Å². The third-order valence-electron chi connectivity index (χ3n) is 4.32. The molecule has 2 amide bonds. The van der Waals surface area contributed by atoms with Gasteiger partial charge in [-0.25, -0.2) is 0 Å². The van der Waals surface area contributed by atoms with Crippen LogP contribution in [0, 0.1) is 0 Å². The van der Waals surface area contributed by atoms with Crippen LogP contribution in [0.5, 0.6) is 0 Å². The van der Waals surface area contributed by atoms with E-state index in [1.165, 1.54) is 0 Å². The van der Waals surface area contributed by atoms with Gasteiger partial charge >= 0.3 is 0 Å². The van der Waals surface area contributed by atoms with E-state index >= 15 is 0 Å². The van der Waals surface area contributed by atoms with Gasteiger partial charge in [-0.3, -0.25) is 9.59 Å². The zero-order valence-corrected chi connectivity index (χ0v) is 16.6. The molecular weight excluding hydrogens is 362 g/mol. The van der Waals surface area contributed by atoms with Crippen molar-refractivity contribution < 1.29 is 9.59 Å². The number of nitrogens with one attached hydrogen (secondary N) is 2. The lowest BCUT2D eigenvalue weighted by molar-refractivity contribution is -0.115. The second-order valence-electron chi connectivity index (χ2n) is 6.21. The highest BCUT2D eigenvalue weighted by Gasteiger charge is 2.08. The molecule has 0 bridgehead atoms. The molecule has 2 aromatic carbocycles. The fraction of sp³-hybridized carbons (Fsp3) is 0.333. The molecule has 0 unspecified atom stereocenters. The molecular formula is C21H26ClN3O2. The number of hydrogen-bond acceptors (Lipinski definition) is 3. The summed E-state index contributed by atoms with van der Waals surface area (Å²) in [6.45, 7) is 7.59. The zero-order valence-electron chi connectivity index (χ0n) is 15.8. The van der Waals surface area contributed by atoms with Gasteiger partial charge in [0, 0.05) is 29.4 Å². The van der Waals surface area contributed by atoms with E-state index in [1.807, 2.05) is 12.1 Å². The van der Waals surface area contributed by atoms with Gasteiger partial charge in [0.2, 0.25) is 5.91 Å². The van der Waals surface area contributed by atoms with Crippen LogP contribution in [0.1, 0.15) is 29.8 Å². The van der Waals surface area contributed by atoms with Crippen molar-refractivity contribution in [3.05, 3.63) is 64.7 Å². The summed E-state index contributed by atoms with van der Waals surface area (Å²) in [5.74, 6) is -0.227. The van der Waals surface area contributed by atoms with Crippen LogP contribution in [0.2, 0.25) is 5.02 Å². The van der Waals surface area contributed by atoms with Gasteiger partial charge in [0.25, 0.3) is 5.91 Å². The van der Waals surface area contributed by atoms with E-state index in [0.717, 1.165) is 25.2 Å². The van der Waals surface area contributed by atoms with Gasteiger partial charge in [0.15, 0.2) is 0 Å². The summed E-state index contributed by atoms with van der Waals surface area (Å²) in [7, 11) is 0. The number of halogens is 1. The minimum atomic E-state index is -0.117. The molecule has 0 aromatic heterocycles. The van der Waals surface area contributed by atoms with Crippen LogP contribution in [0.3, 0.4) is 0 Å². The molecule has 27 heavy (non-hydrogen) atoms. The molecule has 0 fully saturated rings. The summed E-state index contributed by atoms with van der Waals surface area (Å²) in [6, 6.07) is 14.1. The van der Waals surface area contributed by atoms with Crippen LogP contribution in [-0.4, -0.2) is 42.9 Å². The smallest absolute Gasteiger partial charge is 0.251 e. The summed E-state index contributed by atoms with van der Waals surface area (Å²) < 4.78 is 0. The number of likely N-dealkylation sites (N-methyl/N-ethyl adjacent to an activating group) is 1. The molecule has 5 nitrogen and oxygen atoms in total. The van der Waals surface area contributed by atoms with Crippen molar-refractivity contribution >= 4 is 29.1 Å². The summed E-state index contributed by atoms with van der Waals surface area (Å²) in [5.41, 5.74) is 2.13. The maximum atomic E-state index is 12.2. The maximum Gasteiger partial charge on any atom is 0.251 e. The SMILES string of the molecule is CCN(CC)CCNC(=O)c1ccc(NC(=O)Cc2ccc(Cl)cc2)cc1. The average molecular weight is 388 g/mol. The Bertz CT molecular complexity index is 741. The van der Waals surface area contributed by atoms with Crippen LogP contribution < -0.4 is 10.6 Å². The molecule has 6 heteroatoms. The molecule has 0 saturated heterocycles. The molecule has 0 radical (unpaired) electrons. The van der Waals surface area contributed by atoms with Crippen molar-refractivity contribution in [1.82, 2.24) is 10.2 Å². The van der Waals surface area contributed by atoms with Gasteiger partial charge in [0.05, 0.1) is 6.42 Å². The summed E-state index contributed by atoms with van der Waals surface area (Å²) in [5, 5.41) is 6.39. The first kappa shape index (κ1) is 20.9. The molecule has 0 saturated carbocycles. The van der Waals surface area contributed by atoms with E-state index in [1.54, 1.807) is 36.4 Å². The van der Waals surface area contributed by atoms with E-state index in [-0.39, 0.29) is 18.2 Å². The average Bonchev–Trinajstić information content (AvgIpc) is 2.67. The first-order valence-electron chi connectivity index (χ1n) is 9.16. The van der Waals surface area contributed by atoms with Crippen LogP contribution in [-0.2, 0) is 11.2 Å². The molecule has 0 spiro atoms. The van der Waals surface area contributed by atoms with Crippen LogP contribution in [0.4, 0.5) is 5.69 Å². The molecule has 0 atom stereocenters. The molecule has 0 aliphatic carbocycles. The lowest BCUT2D eigenvalue weighted by atomic mass is 10.1. The third-order valence-corrected chi connectivity index (χ3v) is 4.57. The highest BCUT2D eigenvalue weighted by molar-refractivity contribution is 6.30. The molecule has 0 aliphatic heterocycles. The molecule has 144 valence electrons. The number of carbonyl (C=O) groups excluding carboxylic acids is 2. The number of anilines is 1. The molecule has 0 aliphatic rings. The Morgan fingerprint density at radius 2 is 1.59 bits per heavy atom. The fourth-order valence-corrected chi connectivity index (χ4v) is 2.79. The molecule has 2 N–H and O–H groups in total. The quantitative estimate of drug-likeness (QED) is 0.691. The van der Waals surface area contributed by atoms with Crippen LogP contribution >= 0.6 is 11.6 Å². The summed E-state index contributed by atoms with van der Waals surface area (Å²) in [6.07, 6.45) is 0.269. The normalized spacial score (nSPS) is 10.7. The van der Waals surface area contributed by atoms with E-state index in [0.29, 0.717) is 22.8 Å². The van der Waals surface area contributed by atoms with Crippen molar-refractivity contribution in [3.8, 4) is 0 Å². The molecule has 2 rings (SSSR count). The number of nitrogens with zero attached hydrogens (tertiary/aromatic N) is 1. The Balaban J connectivity index is 1.82. The van der Waals surface area contributed by atoms with Crippen molar-refractivity contribution in [2.24, 2.45) is 0 Å². The first-order valence-corrected chi connectivity index (χ1v) is 9.54. The van der Waals surface area contributed by atoms with Crippen molar-refractivity contribution in [2.45, 2.75) is 20.3 Å². The van der Waals surface area contributed by atoms with Gasteiger partial charge in [-0.2, -0.15) is 0 Å². The Kier molecular flexibility index (Phi) is 8.30. The fourth-order valence-electron chi connectivity index (χ4n) is 2.67. The van der Waals surface area contributed by atoms with Gasteiger partial charge in [-0.15, -0.1) is 0 Å². The van der Waals surface area contributed by atoms with Crippen molar-refractivity contribution in [2.75, 3.05) is 31.5 Å². The van der Waals surface area contributed by atoms with Crippen molar-refractivity contribution in [3.63, 3.8) is 0 Å². The number of amides is 2. The number of carbonyl (C=O) groups is 2. The van der Waals surface area contributed by atoms with Crippen LogP contribution in [0.15, 0.2) is 48.5 Å². The predicted molar refractivity (Wildman–Crippen MR) is 110 cm³/mol. The van der Waals surface area contributed by atoms with Gasteiger partial charge in [-0.1, -0.05) is 37.6 Å². The summed E-state index contributed by atoms with van der Waals surface area (Å²) >= 11 is 5.84. The highest BCUT2D eigenvalue weighted by Crippen LogP contribution is 2.13. The Hall–Kier alpha value is -2.37. The third kappa shape index (κ3) is 7.04. The molecule has 0 heterocycles. The Morgan fingerprint density at radius 1 is 0.963 bits per heavy atom. The summed E-state index contributed by atoms with van der Waals surface area (Å²) in [4.78, 5) is 26.5. The Labute approximate surface area is 165 Å². The second kappa shape index (κ2) is 10.7. The lowest BCUT2D eigenvalue weighted by Gasteiger charge is -2.18. The van der Waals surface area contributed by atoms with Gasteiger partial charge < -0.3 is 15.5 Å². The van der Waals surface area contributed by atoms with Crippen molar-refractivity contribution in [1.29, 1.82) is 0 Å². The maximum absolute atomic E-state index is 12.2. The minimum Gasteiger partial charge on any atom is -0.351 e. The highest BCUT2D eigenvalue weighted by atomic mass is 35.5. The number of hydrogen-bond donors (Lipinski definition) is 2. The second-order valence-corrected chi connectivity index (χ2v) is 6.65. The van der Waals surface area contributed by atoms with E-state index in [9.17, 15) is 9.59 Å². The lowest BCUT2D eigenvalue weighted by Crippen LogP contribution is -2.34. The Morgan fingerprint density at radius 3 is 2.19 bits per heavy atom. The monoisotopic (exact) mass is 387 g/mol. The first-order chi connectivity index (χ1) is 13.0. The van der Waals surface area contributed by atoms with E-state index in [2.05, 4.69) is 29.4 Å². The topological polar surface area (TPSA) is 61.4 Å². The van der Waals surface area contributed by atoms with E-state index < -0.39 is 0 Å². The zero-order chi connectivity index (χ0) is 19.6. The molecule has 2 aromatic rings. The largest absolute Gasteiger partial charge is 0.351 e.